The average Bonchev–Trinajstić information content (AvgIpc) is 2.88. The Bertz CT molecular complexity index is 299. The van der Waals surface area contributed by atoms with Crippen molar-refractivity contribution in [3.8, 4) is 0 Å². The van der Waals surface area contributed by atoms with Crippen molar-refractivity contribution in [3.05, 3.63) is 34.3 Å². The quantitative estimate of drug-likeness (QED) is 0.895. The largest absolute Gasteiger partial charge is 0.324 e. The third-order valence-electron chi connectivity index (χ3n) is 2.56. The minimum absolute atomic E-state index is 0. The molecule has 0 bridgehead atoms. The summed E-state index contributed by atoms with van der Waals surface area (Å²) in [4.78, 5) is 0. The summed E-state index contributed by atoms with van der Waals surface area (Å²) in [7, 11) is 0. The van der Waals surface area contributed by atoms with E-state index in [9.17, 15) is 0 Å². The van der Waals surface area contributed by atoms with Gasteiger partial charge in [-0.15, -0.1) is 12.4 Å². The number of benzene rings is 1. The molecule has 0 aromatic heterocycles. The van der Waals surface area contributed by atoms with E-state index >= 15 is 0 Å². The molecule has 1 aromatic rings. The van der Waals surface area contributed by atoms with E-state index in [1.807, 2.05) is 12.1 Å². The molecule has 0 unspecified atom stereocenters. The first-order valence-corrected chi connectivity index (χ1v) is 5.56. The Labute approximate surface area is 99.6 Å². The lowest BCUT2D eigenvalue weighted by Crippen LogP contribution is -2.10. The zero-order valence-electron chi connectivity index (χ0n) is 7.95. The van der Waals surface area contributed by atoms with Gasteiger partial charge < -0.3 is 5.73 Å². The third kappa shape index (κ3) is 3.26. The molecule has 2 N–H and O–H groups in total. The molecule has 14 heavy (non-hydrogen) atoms. The molecule has 0 aliphatic heterocycles. The first-order chi connectivity index (χ1) is 6.25. The van der Waals surface area contributed by atoms with Gasteiger partial charge in [0.15, 0.2) is 0 Å². The summed E-state index contributed by atoms with van der Waals surface area (Å²) in [6.07, 6.45) is 3.90. The second kappa shape index (κ2) is 5.15. The first kappa shape index (κ1) is 12.0. The maximum Gasteiger partial charge on any atom is 0.0297 e. The van der Waals surface area contributed by atoms with Crippen molar-refractivity contribution in [2.45, 2.75) is 25.3 Å². The zero-order chi connectivity index (χ0) is 9.26. The Morgan fingerprint density at radius 3 is 2.71 bits per heavy atom. The van der Waals surface area contributed by atoms with E-state index in [2.05, 4.69) is 28.1 Å². The monoisotopic (exact) mass is 275 g/mol. The summed E-state index contributed by atoms with van der Waals surface area (Å²) in [5.41, 5.74) is 7.34. The van der Waals surface area contributed by atoms with Crippen molar-refractivity contribution in [1.29, 1.82) is 0 Å². The summed E-state index contributed by atoms with van der Waals surface area (Å²) in [6.45, 7) is 0. The minimum atomic E-state index is 0. The first-order valence-electron chi connectivity index (χ1n) is 4.77. The molecule has 0 amide bonds. The van der Waals surface area contributed by atoms with Crippen LogP contribution in [0.3, 0.4) is 0 Å². The highest BCUT2D eigenvalue weighted by Gasteiger charge is 2.24. The molecule has 1 aliphatic rings. The Hall–Kier alpha value is -0.0500. The number of rotatable bonds is 3. The van der Waals surface area contributed by atoms with E-state index in [-0.39, 0.29) is 18.4 Å². The molecule has 1 aromatic carbocycles. The smallest absolute Gasteiger partial charge is 0.0297 e. The molecule has 1 nitrogen and oxygen atoms in total. The molecule has 0 spiro atoms. The van der Waals surface area contributed by atoms with Crippen LogP contribution in [-0.2, 0) is 0 Å². The summed E-state index contributed by atoms with van der Waals surface area (Å²) < 4.78 is 1.12. The van der Waals surface area contributed by atoms with Crippen LogP contribution in [0.1, 0.15) is 30.9 Å². The molecular weight excluding hydrogens is 261 g/mol. The zero-order valence-corrected chi connectivity index (χ0v) is 10.4. The number of hydrogen-bond acceptors (Lipinski definition) is 1. The van der Waals surface area contributed by atoms with Gasteiger partial charge in [0.1, 0.15) is 0 Å². The second-order valence-corrected chi connectivity index (χ2v) is 4.76. The van der Waals surface area contributed by atoms with Gasteiger partial charge >= 0.3 is 0 Å². The van der Waals surface area contributed by atoms with E-state index < -0.39 is 0 Å². The lowest BCUT2D eigenvalue weighted by atomic mass is 10.0. The van der Waals surface area contributed by atoms with Gasteiger partial charge in [-0.25, -0.2) is 0 Å². The van der Waals surface area contributed by atoms with E-state index in [0.717, 1.165) is 16.8 Å². The summed E-state index contributed by atoms with van der Waals surface area (Å²) in [5.74, 6) is 0.897. The van der Waals surface area contributed by atoms with Crippen molar-refractivity contribution in [3.63, 3.8) is 0 Å². The Balaban J connectivity index is 0.000000980. The Morgan fingerprint density at radius 1 is 1.43 bits per heavy atom. The van der Waals surface area contributed by atoms with Crippen LogP contribution in [0.15, 0.2) is 28.7 Å². The Kier molecular flexibility index (Phi) is 4.42. The van der Waals surface area contributed by atoms with Gasteiger partial charge in [0.05, 0.1) is 0 Å². The topological polar surface area (TPSA) is 26.0 Å². The average molecular weight is 277 g/mol. The van der Waals surface area contributed by atoms with Crippen LogP contribution in [0.2, 0.25) is 0 Å². The van der Waals surface area contributed by atoms with Crippen LogP contribution in [0, 0.1) is 5.92 Å². The lowest BCUT2D eigenvalue weighted by Gasteiger charge is -2.11. The highest BCUT2D eigenvalue weighted by molar-refractivity contribution is 9.10. The van der Waals surface area contributed by atoms with Gasteiger partial charge in [-0.05, 0) is 30.0 Å². The van der Waals surface area contributed by atoms with Crippen LogP contribution < -0.4 is 5.73 Å². The van der Waals surface area contributed by atoms with Gasteiger partial charge in [0, 0.05) is 10.5 Å². The molecule has 3 heteroatoms. The number of nitrogens with two attached hydrogens (primary N) is 1. The highest BCUT2D eigenvalue weighted by Crippen LogP contribution is 2.36. The van der Waals surface area contributed by atoms with Gasteiger partial charge in [-0.3, -0.25) is 0 Å². The summed E-state index contributed by atoms with van der Waals surface area (Å²) >= 11 is 3.46. The molecule has 0 saturated heterocycles. The van der Waals surface area contributed by atoms with Gasteiger partial charge in [-0.1, -0.05) is 40.9 Å². The second-order valence-electron chi connectivity index (χ2n) is 3.84. The summed E-state index contributed by atoms with van der Waals surface area (Å²) in [5, 5.41) is 0. The minimum Gasteiger partial charge on any atom is -0.324 e. The molecule has 1 atom stereocenters. The molecular formula is C11H15BrClN. The van der Waals surface area contributed by atoms with Crippen LogP contribution in [-0.4, -0.2) is 0 Å². The SMILES string of the molecule is Cl.N[C@H](CC1CC1)c1cccc(Br)c1. The van der Waals surface area contributed by atoms with E-state index in [1.165, 1.54) is 18.4 Å². The normalized spacial score (nSPS) is 17.3. The number of hydrogen-bond donors (Lipinski definition) is 1. The fourth-order valence-electron chi connectivity index (χ4n) is 1.59. The van der Waals surface area contributed by atoms with Crippen molar-refractivity contribution in [2.24, 2.45) is 11.7 Å². The van der Waals surface area contributed by atoms with Gasteiger partial charge in [-0.2, -0.15) is 0 Å². The Morgan fingerprint density at radius 2 is 2.14 bits per heavy atom. The van der Waals surface area contributed by atoms with Gasteiger partial charge in [0.2, 0.25) is 0 Å². The molecule has 0 heterocycles. The van der Waals surface area contributed by atoms with Crippen molar-refractivity contribution in [1.82, 2.24) is 0 Å². The standard InChI is InChI=1S/C11H14BrN.ClH/c12-10-3-1-2-9(7-10)11(13)6-8-4-5-8;/h1-3,7-8,11H,4-6,13H2;1H/t11-;/m1./s1. The van der Waals surface area contributed by atoms with E-state index in [4.69, 9.17) is 5.73 Å². The van der Waals surface area contributed by atoms with Crippen LogP contribution in [0.25, 0.3) is 0 Å². The summed E-state index contributed by atoms with van der Waals surface area (Å²) in [6, 6.07) is 8.54. The number of halogens is 2. The lowest BCUT2D eigenvalue weighted by molar-refractivity contribution is 0.597. The maximum absolute atomic E-state index is 6.08. The van der Waals surface area contributed by atoms with Gasteiger partial charge in [0.25, 0.3) is 0 Å². The van der Waals surface area contributed by atoms with Crippen LogP contribution in [0.5, 0.6) is 0 Å². The van der Waals surface area contributed by atoms with E-state index in [1.54, 1.807) is 0 Å². The maximum atomic E-state index is 6.08. The predicted molar refractivity (Wildman–Crippen MR) is 65.7 cm³/mol. The predicted octanol–water partition coefficient (Wildman–Crippen LogP) is 3.67. The molecule has 1 saturated carbocycles. The molecule has 1 aliphatic carbocycles. The van der Waals surface area contributed by atoms with Crippen LogP contribution >= 0.6 is 28.3 Å². The third-order valence-corrected chi connectivity index (χ3v) is 3.05. The fourth-order valence-corrected chi connectivity index (χ4v) is 2.00. The fraction of sp³-hybridized carbons (Fsp3) is 0.455. The molecule has 78 valence electrons. The van der Waals surface area contributed by atoms with Crippen molar-refractivity contribution in [2.75, 3.05) is 0 Å². The van der Waals surface area contributed by atoms with E-state index in [0.29, 0.717) is 0 Å². The molecule has 0 radical (unpaired) electrons. The highest BCUT2D eigenvalue weighted by atomic mass is 79.9. The molecule has 1 fully saturated rings. The molecule has 2 rings (SSSR count). The van der Waals surface area contributed by atoms with Crippen molar-refractivity contribution < 1.29 is 0 Å². The van der Waals surface area contributed by atoms with Crippen molar-refractivity contribution >= 4 is 28.3 Å². The van der Waals surface area contributed by atoms with Crippen LogP contribution in [0.4, 0.5) is 0 Å².